The molecule has 0 aromatic carbocycles. The Morgan fingerprint density at radius 3 is 2.76 bits per heavy atom. The zero-order chi connectivity index (χ0) is 12.9. The van der Waals surface area contributed by atoms with Crippen LogP contribution >= 0.6 is 0 Å². The SMILES string of the molecule is COC(=O)NC1CCN(CCNC(C)(C)C)C1. The number of hydrogen-bond acceptors (Lipinski definition) is 4. The Balaban J connectivity index is 2.15. The molecule has 0 bridgehead atoms. The normalized spacial score (nSPS) is 21.5. The van der Waals surface area contributed by atoms with Gasteiger partial charge < -0.3 is 15.4 Å². The van der Waals surface area contributed by atoms with Gasteiger partial charge >= 0.3 is 6.09 Å². The summed E-state index contributed by atoms with van der Waals surface area (Å²) in [7, 11) is 1.40. The van der Waals surface area contributed by atoms with E-state index < -0.39 is 0 Å². The van der Waals surface area contributed by atoms with E-state index >= 15 is 0 Å². The first kappa shape index (κ1) is 14.3. The molecule has 0 aliphatic carbocycles. The molecule has 1 unspecified atom stereocenters. The smallest absolute Gasteiger partial charge is 0.407 e. The average Bonchev–Trinajstić information content (AvgIpc) is 2.63. The van der Waals surface area contributed by atoms with Gasteiger partial charge in [-0.1, -0.05) is 0 Å². The maximum Gasteiger partial charge on any atom is 0.407 e. The molecule has 5 heteroatoms. The first-order valence-electron chi connectivity index (χ1n) is 6.22. The maximum atomic E-state index is 11.1. The molecule has 5 nitrogen and oxygen atoms in total. The molecule has 17 heavy (non-hydrogen) atoms. The highest BCUT2D eigenvalue weighted by atomic mass is 16.5. The minimum Gasteiger partial charge on any atom is -0.453 e. The lowest BCUT2D eigenvalue weighted by molar-refractivity contribution is 0.166. The minimum atomic E-state index is -0.329. The standard InChI is InChI=1S/C12H25N3O2/c1-12(2,3)13-6-8-15-7-5-10(9-15)14-11(16)17-4/h10,13H,5-9H2,1-4H3,(H,14,16). The molecule has 1 saturated heterocycles. The zero-order valence-corrected chi connectivity index (χ0v) is 11.4. The average molecular weight is 243 g/mol. The molecule has 1 aliphatic rings. The highest BCUT2D eigenvalue weighted by Crippen LogP contribution is 2.08. The number of ether oxygens (including phenoxy) is 1. The molecule has 1 amide bonds. The predicted octanol–water partition coefficient (Wildman–Crippen LogP) is 0.805. The van der Waals surface area contributed by atoms with Crippen molar-refractivity contribution in [2.24, 2.45) is 0 Å². The summed E-state index contributed by atoms with van der Waals surface area (Å²) in [5.41, 5.74) is 0.170. The second kappa shape index (κ2) is 6.21. The molecule has 1 heterocycles. The summed E-state index contributed by atoms with van der Waals surface area (Å²) in [6.07, 6.45) is 0.676. The van der Waals surface area contributed by atoms with Gasteiger partial charge in [0, 0.05) is 37.8 Å². The molecule has 0 radical (unpaired) electrons. The Morgan fingerprint density at radius 2 is 2.18 bits per heavy atom. The third-order valence-electron chi connectivity index (χ3n) is 2.86. The van der Waals surface area contributed by atoms with Gasteiger partial charge in [-0.05, 0) is 27.2 Å². The first-order chi connectivity index (χ1) is 7.90. The highest BCUT2D eigenvalue weighted by molar-refractivity contribution is 5.67. The van der Waals surface area contributed by atoms with Gasteiger partial charge in [-0.25, -0.2) is 4.79 Å². The third-order valence-corrected chi connectivity index (χ3v) is 2.86. The molecule has 0 aromatic rings. The molecule has 0 saturated carbocycles. The Labute approximate surface area is 104 Å². The molecule has 0 spiro atoms. The first-order valence-corrected chi connectivity index (χ1v) is 6.22. The number of amides is 1. The van der Waals surface area contributed by atoms with Crippen LogP contribution in [0.25, 0.3) is 0 Å². The van der Waals surface area contributed by atoms with Crippen molar-refractivity contribution in [1.82, 2.24) is 15.5 Å². The molecule has 1 fully saturated rings. The van der Waals surface area contributed by atoms with Gasteiger partial charge in [-0.2, -0.15) is 0 Å². The second-order valence-electron chi connectivity index (χ2n) is 5.60. The van der Waals surface area contributed by atoms with Crippen LogP contribution in [0, 0.1) is 0 Å². The number of methoxy groups -OCH3 is 1. The molecular weight excluding hydrogens is 218 g/mol. The van der Waals surface area contributed by atoms with Crippen LogP contribution in [0.15, 0.2) is 0 Å². The lowest BCUT2D eigenvalue weighted by atomic mass is 10.1. The summed E-state index contributed by atoms with van der Waals surface area (Å²) < 4.78 is 4.59. The predicted molar refractivity (Wildman–Crippen MR) is 68.1 cm³/mol. The van der Waals surface area contributed by atoms with Gasteiger partial charge in [0.05, 0.1) is 7.11 Å². The number of carbonyl (C=O) groups is 1. The third kappa shape index (κ3) is 5.89. The van der Waals surface area contributed by atoms with Crippen LogP contribution in [-0.2, 0) is 4.74 Å². The Hall–Kier alpha value is -0.810. The monoisotopic (exact) mass is 243 g/mol. The summed E-state index contributed by atoms with van der Waals surface area (Å²) in [4.78, 5) is 13.4. The van der Waals surface area contributed by atoms with E-state index in [9.17, 15) is 4.79 Å². The van der Waals surface area contributed by atoms with Gasteiger partial charge in [0.2, 0.25) is 0 Å². The molecule has 0 aromatic heterocycles. The molecule has 1 atom stereocenters. The molecule has 1 aliphatic heterocycles. The quantitative estimate of drug-likeness (QED) is 0.767. The topological polar surface area (TPSA) is 53.6 Å². The zero-order valence-electron chi connectivity index (χ0n) is 11.4. The molecule has 100 valence electrons. The number of carbonyl (C=O) groups excluding carboxylic acids is 1. The van der Waals surface area contributed by atoms with Crippen LogP contribution in [0.4, 0.5) is 4.79 Å². The molecule has 1 rings (SSSR count). The largest absolute Gasteiger partial charge is 0.453 e. The lowest BCUT2D eigenvalue weighted by Crippen LogP contribution is -2.42. The summed E-state index contributed by atoms with van der Waals surface area (Å²) in [6.45, 7) is 10.5. The Kier molecular flexibility index (Phi) is 5.21. The number of rotatable bonds is 4. The van der Waals surface area contributed by atoms with Crippen molar-refractivity contribution in [3.8, 4) is 0 Å². The summed E-state index contributed by atoms with van der Waals surface area (Å²) >= 11 is 0. The van der Waals surface area contributed by atoms with Crippen molar-refractivity contribution in [3.63, 3.8) is 0 Å². The van der Waals surface area contributed by atoms with E-state index in [2.05, 4.69) is 41.0 Å². The number of alkyl carbamates (subject to hydrolysis) is 1. The fraction of sp³-hybridized carbons (Fsp3) is 0.917. The summed E-state index contributed by atoms with van der Waals surface area (Å²) in [6, 6.07) is 0.233. The van der Waals surface area contributed by atoms with Gasteiger partial charge in [0.15, 0.2) is 0 Å². The van der Waals surface area contributed by atoms with Gasteiger partial charge in [-0.3, -0.25) is 4.90 Å². The van der Waals surface area contributed by atoms with Crippen molar-refractivity contribution >= 4 is 6.09 Å². The van der Waals surface area contributed by atoms with E-state index in [1.54, 1.807) is 0 Å². The molecule has 2 N–H and O–H groups in total. The number of likely N-dealkylation sites (tertiary alicyclic amines) is 1. The Bertz CT molecular complexity index is 251. The van der Waals surface area contributed by atoms with Gasteiger partial charge in [-0.15, -0.1) is 0 Å². The van der Waals surface area contributed by atoms with E-state index in [0.717, 1.165) is 32.6 Å². The van der Waals surface area contributed by atoms with Crippen LogP contribution in [0.1, 0.15) is 27.2 Å². The van der Waals surface area contributed by atoms with Crippen molar-refractivity contribution in [3.05, 3.63) is 0 Å². The Morgan fingerprint density at radius 1 is 1.47 bits per heavy atom. The van der Waals surface area contributed by atoms with E-state index in [1.807, 2.05) is 0 Å². The highest BCUT2D eigenvalue weighted by Gasteiger charge is 2.23. The van der Waals surface area contributed by atoms with E-state index in [-0.39, 0.29) is 17.7 Å². The van der Waals surface area contributed by atoms with Crippen molar-refractivity contribution in [2.75, 3.05) is 33.3 Å². The fourth-order valence-electron chi connectivity index (χ4n) is 1.97. The number of nitrogens with zero attached hydrogens (tertiary/aromatic N) is 1. The number of nitrogens with one attached hydrogen (secondary N) is 2. The van der Waals surface area contributed by atoms with Crippen molar-refractivity contribution in [2.45, 2.75) is 38.8 Å². The van der Waals surface area contributed by atoms with Gasteiger partial charge in [0.1, 0.15) is 0 Å². The summed E-state index contributed by atoms with van der Waals surface area (Å²) in [5, 5.41) is 6.30. The van der Waals surface area contributed by atoms with Crippen LogP contribution in [-0.4, -0.2) is 55.9 Å². The van der Waals surface area contributed by atoms with Crippen molar-refractivity contribution in [1.29, 1.82) is 0 Å². The van der Waals surface area contributed by atoms with Crippen LogP contribution in [0.5, 0.6) is 0 Å². The van der Waals surface area contributed by atoms with Gasteiger partial charge in [0.25, 0.3) is 0 Å². The van der Waals surface area contributed by atoms with Crippen LogP contribution < -0.4 is 10.6 Å². The summed E-state index contributed by atoms with van der Waals surface area (Å²) in [5.74, 6) is 0. The maximum absolute atomic E-state index is 11.1. The van der Waals surface area contributed by atoms with Crippen molar-refractivity contribution < 1.29 is 9.53 Å². The lowest BCUT2D eigenvalue weighted by Gasteiger charge is -2.23. The fourth-order valence-corrected chi connectivity index (χ4v) is 1.97. The van der Waals surface area contributed by atoms with E-state index in [1.165, 1.54) is 7.11 Å². The second-order valence-corrected chi connectivity index (χ2v) is 5.60. The molecular formula is C12H25N3O2. The van der Waals surface area contributed by atoms with E-state index in [0.29, 0.717) is 0 Å². The van der Waals surface area contributed by atoms with E-state index in [4.69, 9.17) is 0 Å². The van der Waals surface area contributed by atoms with Crippen LogP contribution in [0.3, 0.4) is 0 Å². The minimum absolute atomic E-state index is 0.170. The number of hydrogen-bond donors (Lipinski definition) is 2. The van der Waals surface area contributed by atoms with Crippen LogP contribution in [0.2, 0.25) is 0 Å².